The number of hydrogen-bond donors (Lipinski definition) is 1. The first kappa shape index (κ1) is 22.9. The summed E-state index contributed by atoms with van der Waals surface area (Å²) in [5, 5.41) is 10.2. The van der Waals surface area contributed by atoms with Crippen LogP contribution in [0, 0.1) is 5.92 Å². The Balaban J connectivity index is 2.31. The molecule has 0 aliphatic carbocycles. The van der Waals surface area contributed by atoms with Gasteiger partial charge in [0.1, 0.15) is 17.4 Å². The number of aliphatic carboxylic acids is 1. The molecule has 2 aromatic carbocycles. The third-order valence-corrected chi connectivity index (χ3v) is 4.56. The fraction of sp³-hybridized carbons (Fsp3) is 0.318. The molecule has 29 heavy (non-hydrogen) atoms. The Bertz CT molecular complexity index is 870. The summed E-state index contributed by atoms with van der Waals surface area (Å²) in [5.41, 5.74) is 1.22. The Kier molecular flexibility index (Phi) is 8.23. The smallest absolute Gasteiger partial charge is 0.339 e. The number of rotatable bonds is 9. The number of carboxylic acid groups (broad SMARTS) is 1. The van der Waals surface area contributed by atoms with Gasteiger partial charge in [0.15, 0.2) is 5.75 Å². The average Bonchev–Trinajstić information content (AvgIpc) is 2.65. The van der Waals surface area contributed by atoms with Crippen molar-refractivity contribution in [2.75, 3.05) is 13.7 Å². The monoisotopic (exact) mass is 438 g/mol. The van der Waals surface area contributed by atoms with Crippen molar-refractivity contribution in [3.8, 4) is 11.5 Å². The van der Waals surface area contributed by atoms with Gasteiger partial charge in [-0.15, -0.1) is 0 Å². The van der Waals surface area contributed by atoms with Gasteiger partial charge in [-0.1, -0.05) is 61.3 Å². The highest BCUT2D eigenvalue weighted by atomic mass is 35.5. The molecule has 0 heterocycles. The van der Waals surface area contributed by atoms with Crippen molar-refractivity contribution in [3.05, 3.63) is 63.8 Å². The van der Waals surface area contributed by atoms with Crippen LogP contribution in [-0.2, 0) is 9.53 Å². The summed E-state index contributed by atoms with van der Waals surface area (Å²) in [6.07, 6.45) is 0.725. The van der Waals surface area contributed by atoms with E-state index >= 15 is 0 Å². The summed E-state index contributed by atoms with van der Waals surface area (Å²) in [4.78, 5) is 11.6. The number of ether oxygens (including phenoxy) is 3. The van der Waals surface area contributed by atoms with Gasteiger partial charge >= 0.3 is 5.97 Å². The fourth-order valence-electron chi connectivity index (χ4n) is 2.70. The van der Waals surface area contributed by atoms with E-state index in [0.29, 0.717) is 45.2 Å². The molecule has 0 amide bonds. The molecule has 1 atom stereocenters. The van der Waals surface area contributed by atoms with Gasteiger partial charge in [-0.3, -0.25) is 0 Å². The Morgan fingerprint density at radius 3 is 2.31 bits per heavy atom. The maximum atomic E-state index is 11.6. The standard InChI is InChI=1S/C22H24Cl2O5/c1-13(2)11-28-21-19(23)9-15(10-20(21)24)29-14(3)16-7-5-6-8-17(16)18(12-27-4)22(25)26/h5-10,12-14H,11H2,1-4H3,(H,25,26). The van der Waals surface area contributed by atoms with Crippen molar-refractivity contribution in [3.63, 3.8) is 0 Å². The van der Waals surface area contributed by atoms with Gasteiger partial charge < -0.3 is 19.3 Å². The third kappa shape index (κ3) is 6.05. The lowest BCUT2D eigenvalue weighted by atomic mass is 9.97. The van der Waals surface area contributed by atoms with Crippen LogP contribution in [0.15, 0.2) is 42.7 Å². The molecule has 0 radical (unpaired) electrons. The van der Waals surface area contributed by atoms with Crippen LogP contribution in [0.25, 0.3) is 5.57 Å². The van der Waals surface area contributed by atoms with Crippen molar-refractivity contribution in [2.45, 2.75) is 26.9 Å². The molecular formula is C22H24Cl2O5. The molecule has 2 aromatic rings. The van der Waals surface area contributed by atoms with Crippen molar-refractivity contribution in [2.24, 2.45) is 5.92 Å². The number of benzene rings is 2. The van der Waals surface area contributed by atoms with Crippen LogP contribution in [0.2, 0.25) is 10.0 Å². The molecule has 1 unspecified atom stereocenters. The van der Waals surface area contributed by atoms with E-state index in [0.717, 1.165) is 0 Å². The maximum absolute atomic E-state index is 11.6. The molecule has 2 rings (SSSR count). The Morgan fingerprint density at radius 2 is 1.76 bits per heavy atom. The summed E-state index contributed by atoms with van der Waals surface area (Å²) in [5.74, 6) is 0.104. The van der Waals surface area contributed by atoms with Gasteiger partial charge in [-0.05, 0) is 18.4 Å². The van der Waals surface area contributed by atoms with Crippen LogP contribution in [0.3, 0.4) is 0 Å². The molecule has 7 heteroatoms. The minimum absolute atomic E-state index is 0.0343. The van der Waals surface area contributed by atoms with Crippen LogP contribution < -0.4 is 9.47 Å². The molecule has 0 spiro atoms. The minimum Gasteiger partial charge on any atom is -0.503 e. The Hall–Kier alpha value is -2.37. The highest BCUT2D eigenvalue weighted by Gasteiger charge is 2.20. The quantitative estimate of drug-likeness (QED) is 0.370. The number of carboxylic acids is 1. The average molecular weight is 439 g/mol. The minimum atomic E-state index is -1.09. The third-order valence-electron chi connectivity index (χ3n) is 4.00. The Morgan fingerprint density at radius 1 is 1.14 bits per heavy atom. The summed E-state index contributed by atoms with van der Waals surface area (Å²) < 4.78 is 16.6. The van der Waals surface area contributed by atoms with Crippen molar-refractivity contribution in [1.29, 1.82) is 0 Å². The first-order valence-corrected chi connectivity index (χ1v) is 9.84. The second kappa shape index (κ2) is 10.4. The van der Waals surface area contributed by atoms with E-state index in [1.807, 2.05) is 26.8 Å². The zero-order valence-corrected chi connectivity index (χ0v) is 18.3. The van der Waals surface area contributed by atoms with Crippen LogP contribution in [-0.4, -0.2) is 24.8 Å². The van der Waals surface area contributed by atoms with E-state index in [-0.39, 0.29) is 5.57 Å². The lowest BCUT2D eigenvalue weighted by Gasteiger charge is -2.20. The van der Waals surface area contributed by atoms with Crippen LogP contribution in [0.1, 0.15) is 38.0 Å². The zero-order chi connectivity index (χ0) is 21.6. The number of halogens is 2. The van der Waals surface area contributed by atoms with Crippen molar-refractivity contribution in [1.82, 2.24) is 0 Å². The van der Waals surface area contributed by atoms with E-state index in [1.165, 1.54) is 13.4 Å². The van der Waals surface area contributed by atoms with E-state index in [2.05, 4.69) is 0 Å². The fourth-order valence-corrected chi connectivity index (χ4v) is 3.28. The van der Waals surface area contributed by atoms with Crippen molar-refractivity contribution < 1.29 is 24.1 Å². The number of methoxy groups -OCH3 is 1. The van der Waals surface area contributed by atoms with Gasteiger partial charge in [-0.2, -0.15) is 0 Å². The lowest BCUT2D eigenvalue weighted by Crippen LogP contribution is -2.10. The lowest BCUT2D eigenvalue weighted by molar-refractivity contribution is -0.130. The van der Waals surface area contributed by atoms with Crippen molar-refractivity contribution >= 4 is 34.7 Å². The Labute approximate surface area is 180 Å². The predicted molar refractivity (Wildman–Crippen MR) is 115 cm³/mol. The van der Waals surface area contributed by atoms with Gasteiger partial charge in [0, 0.05) is 17.7 Å². The first-order valence-electron chi connectivity index (χ1n) is 9.08. The highest BCUT2D eigenvalue weighted by Crippen LogP contribution is 2.39. The summed E-state index contributed by atoms with van der Waals surface area (Å²) in [6, 6.07) is 10.3. The van der Waals surface area contributed by atoms with Gasteiger partial charge in [0.2, 0.25) is 0 Å². The highest BCUT2D eigenvalue weighted by molar-refractivity contribution is 6.37. The molecule has 0 aliphatic heterocycles. The topological polar surface area (TPSA) is 65.0 Å². The van der Waals surface area contributed by atoms with Gasteiger partial charge in [-0.25, -0.2) is 4.79 Å². The van der Waals surface area contributed by atoms with E-state index < -0.39 is 12.1 Å². The largest absolute Gasteiger partial charge is 0.503 e. The maximum Gasteiger partial charge on any atom is 0.339 e. The van der Waals surface area contributed by atoms with Gasteiger partial charge in [0.25, 0.3) is 0 Å². The predicted octanol–water partition coefficient (Wildman–Crippen LogP) is 6.24. The normalized spacial score (nSPS) is 12.6. The molecular weight excluding hydrogens is 415 g/mol. The molecule has 0 fully saturated rings. The molecule has 0 saturated carbocycles. The second-order valence-corrected chi connectivity index (χ2v) is 7.66. The molecule has 1 N–H and O–H groups in total. The van der Waals surface area contributed by atoms with Crippen LogP contribution in [0.5, 0.6) is 11.5 Å². The van der Waals surface area contributed by atoms with E-state index in [9.17, 15) is 9.90 Å². The van der Waals surface area contributed by atoms with E-state index in [1.54, 1.807) is 30.3 Å². The van der Waals surface area contributed by atoms with Gasteiger partial charge in [0.05, 0.1) is 30.0 Å². The molecule has 156 valence electrons. The second-order valence-electron chi connectivity index (χ2n) is 6.84. The zero-order valence-electron chi connectivity index (χ0n) is 16.7. The first-order chi connectivity index (χ1) is 13.7. The molecule has 5 nitrogen and oxygen atoms in total. The summed E-state index contributed by atoms with van der Waals surface area (Å²) in [6.45, 7) is 6.37. The summed E-state index contributed by atoms with van der Waals surface area (Å²) in [7, 11) is 1.40. The van der Waals surface area contributed by atoms with E-state index in [4.69, 9.17) is 37.4 Å². The molecule has 0 bridgehead atoms. The van der Waals surface area contributed by atoms with Crippen LogP contribution in [0.4, 0.5) is 0 Å². The summed E-state index contributed by atoms with van der Waals surface area (Å²) >= 11 is 12.6. The molecule has 0 aromatic heterocycles. The number of hydrogen-bond acceptors (Lipinski definition) is 4. The van der Waals surface area contributed by atoms with Crippen LogP contribution >= 0.6 is 23.2 Å². The number of carbonyl (C=O) groups is 1. The molecule has 0 aliphatic rings. The SMILES string of the molecule is COC=C(C(=O)O)c1ccccc1C(C)Oc1cc(Cl)c(OCC(C)C)c(Cl)c1. The molecule has 0 saturated heterocycles.